The monoisotopic (exact) mass is 309 g/mol. The lowest BCUT2D eigenvalue weighted by atomic mass is 9.97. The fourth-order valence-electron chi connectivity index (χ4n) is 3.02. The molecule has 0 aromatic heterocycles. The van der Waals surface area contributed by atoms with Crippen LogP contribution in [0.4, 0.5) is 5.69 Å². The first-order valence-electron chi connectivity index (χ1n) is 7.76. The van der Waals surface area contributed by atoms with Crippen LogP contribution in [0.1, 0.15) is 37.3 Å². The van der Waals surface area contributed by atoms with Gasteiger partial charge in [-0.05, 0) is 34.4 Å². The highest BCUT2D eigenvalue weighted by Gasteiger charge is 2.29. The van der Waals surface area contributed by atoms with Crippen molar-refractivity contribution in [3.63, 3.8) is 0 Å². The van der Waals surface area contributed by atoms with Crippen molar-refractivity contribution in [3.8, 4) is 11.1 Å². The molecule has 1 aliphatic rings. The Morgan fingerprint density at radius 1 is 1.09 bits per heavy atom. The number of anilines is 1. The quantitative estimate of drug-likeness (QED) is 0.876. The van der Waals surface area contributed by atoms with Crippen molar-refractivity contribution in [2.24, 2.45) is 0 Å². The minimum atomic E-state index is -0.286. The number of amides is 1. The molecule has 118 valence electrons. The largest absolute Gasteiger partial charge is 0.465 e. The van der Waals surface area contributed by atoms with Crippen molar-refractivity contribution >= 4 is 17.6 Å². The second-order valence-electron chi connectivity index (χ2n) is 5.65. The average molecular weight is 309 g/mol. The van der Waals surface area contributed by atoms with Gasteiger partial charge in [0, 0.05) is 24.9 Å². The Kier molecular flexibility index (Phi) is 4.15. The number of hydrogen-bond donors (Lipinski definition) is 1. The second-order valence-corrected chi connectivity index (χ2v) is 5.65. The standard InChI is InChI=1S/C19H19NO3/c1-3-19(22)20-13-8-9-16-14-6-4-5-7-15(14)18(17(16)10-13)11-23-12(2)21/h4-10,18H,3,11H2,1-2H3,(H,20,22). The first-order chi connectivity index (χ1) is 11.1. The third kappa shape index (κ3) is 2.97. The van der Waals surface area contributed by atoms with E-state index in [1.807, 2.05) is 37.3 Å². The van der Waals surface area contributed by atoms with Crippen LogP contribution in [0.25, 0.3) is 11.1 Å². The SMILES string of the molecule is CCC(=O)Nc1ccc2c(c1)C(COC(C)=O)c1ccccc1-2. The summed E-state index contributed by atoms with van der Waals surface area (Å²) >= 11 is 0. The summed E-state index contributed by atoms with van der Waals surface area (Å²) < 4.78 is 5.26. The smallest absolute Gasteiger partial charge is 0.302 e. The summed E-state index contributed by atoms with van der Waals surface area (Å²) in [6.45, 7) is 3.55. The van der Waals surface area contributed by atoms with Crippen molar-refractivity contribution in [1.82, 2.24) is 0 Å². The maximum absolute atomic E-state index is 11.6. The molecule has 4 heteroatoms. The number of carbonyl (C=O) groups is 2. The molecule has 1 atom stereocenters. The molecule has 4 nitrogen and oxygen atoms in total. The third-order valence-corrected chi connectivity index (χ3v) is 4.11. The van der Waals surface area contributed by atoms with E-state index in [2.05, 4.69) is 17.4 Å². The molecule has 0 radical (unpaired) electrons. The molecule has 23 heavy (non-hydrogen) atoms. The van der Waals surface area contributed by atoms with Crippen LogP contribution in [0.5, 0.6) is 0 Å². The molecule has 0 fully saturated rings. The van der Waals surface area contributed by atoms with Gasteiger partial charge < -0.3 is 10.1 Å². The van der Waals surface area contributed by atoms with Crippen LogP contribution in [-0.4, -0.2) is 18.5 Å². The lowest BCUT2D eigenvalue weighted by Gasteiger charge is -2.14. The van der Waals surface area contributed by atoms with E-state index in [1.54, 1.807) is 0 Å². The van der Waals surface area contributed by atoms with E-state index in [0.717, 1.165) is 27.9 Å². The van der Waals surface area contributed by atoms with E-state index in [0.29, 0.717) is 13.0 Å². The van der Waals surface area contributed by atoms with Crippen LogP contribution in [0.15, 0.2) is 42.5 Å². The van der Waals surface area contributed by atoms with E-state index in [-0.39, 0.29) is 17.8 Å². The van der Waals surface area contributed by atoms with Crippen molar-refractivity contribution in [2.75, 3.05) is 11.9 Å². The zero-order valence-electron chi connectivity index (χ0n) is 13.3. The maximum Gasteiger partial charge on any atom is 0.302 e. The molecule has 0 saturated heterocycles. The van der Waals surface area contributed by atoms with Gasteiger partial charge in [-0.3, -0.25) is 9.59 Å². The molecule has 0 saturated carbocycles. The second kappa shape index (κ2) is 6.24. The molecule has 1 amide bonds. The molecular weight excluding hydrogens is 290 g/mol. The summed E-state index contributed by atoms with van der Waals surface area (Å²) in [6, 6.07) is 14.1. The summed E-state index contributed by atoms with van der Waals surface area (Å²) in [4.78, 5) is 22.8. The summed E-state index contributed by atoms with van der Waals surface area (Å²) in [6.07, 6.45) is 0.439. The van der Waals surface area contributed by atoms with Gasteiger partial charge in [-0.1, -0.05) is 37.3 Å². The molecule has 1 aliphatic carbocycles. The molecule has 0 aliphatic heterocycles. The normalized spacial score (nSPS) is 14.8. The van der Waals surface area contributed by atoms with Gasteiger partial charge in [0.15, 0.2) is 0 Å². The number of nitrogens with one attached hydrogen (secondary N) is 1. The first kappa shape index (κ1) is 15.3. The minimum absolute atomic E-state index is 0.00331. The molecule has 1 unspecified atom stereocenters. The van der Waals surface area contributed by atoms with E-state index in [1.165, 1.54) is 6.92 Å². The van der Waals surface area contributed by atoms with Crippen LogP contribution < -0.4 is 5.32 Å². The topological polar surface area (TPSA) is 55.4 Å². The number of rotatable bonds is 4. The van der Waals surface area contributed by atoms with Crippen LogP contribution in [0.3, 0.4) is 0 Å². The number of fused-ring (bicyclic) bond motifs is 3. The fourth-order valence-corrected chi connectivity index (χ4v) is 3.02. The van der Waals surface area contributed by atoms with Gasteiger partial charge >= 0.3 is 5.97 Å². The van der Waals surface area contributed by atoms with Gasteiger partial charge in [-0.2, -0.15) is 0 Å². The Hall–Kier alpha value is -2.62. The Morgan fingerprint density at radius 3 is 2.57 bits per heavy atom. The molecular formula is C19H19NO3. The van der Waals surface area contributed by atoms with Gasteiger partial charge in [-0.25, -0.2) is 0 Å². The average Bonchev–Trinajstić information content (AvgIpc) is 2.86. The Labute approximate surface area is 135 Å². The van der Waals surface area contributed by atoms with E-state index < -0.39 is 0 Å². The van der Waals surface area contributed by atoms with E-state index >= 15 is 0 Å². The third-order valence-electron chi connectivity index (χ3n) is 4.11. The number of carbonyl (C=O) groups excluding carboxylic acids is 2. The summed E-state index contributed by atoms with van der Waals surface area (Å²) in [5.41, 5.74) is 5.31. The van der Waals surface area contributed by atoms with E-state index in [9.17, 15) is 9.59 Å². The molecule has 2 aromatic carbocycles. The van der Waals surface area contributed by atoms with Gasteiger partial charge in [0.25, 0.3) is 0 Å². The fraction of sp³-hybridized carbons (Fsp3) is 0.263. The van der Waals surface area contributed by atoms with Crippen LogP contribution >= 0.6 is 0 Å². The molecule has 1 N–H and O–H groups in total. The lowest BCUT2D eigenvalue weighted by Crippen LogP contribution is -2.12. The van der Waals surface area contributed by atoms with Gasteiger partial charge in [0.1, 0.15) is 6.61 Å². The Morgan fingerprint density at radius 2 is 1.83 bits per heavy atom. The molecule has 0 heterocycles. The van der Waals surface area contributed by atoms with Crippen LogP contribution in [-0.2, 0) is 14.3 Å². The highest BCUT2D eigenvalue weighted by atomic mass is 16.5. The molecule has 0 spiro atoms. The highest BCUT2D eigenvalue weighted by molar-refractivity contribution is 5.91. The highest BCUT2D eigenvalue weighted by Crippen LogP contribution is 2.45. The summed E-state index contributed by atoms with van der Waals surface area (Å²) in [5, 5.41) is 2.89. The Bertz CT molecular complexity index is 767. The van der Waals surface area contributed by atoms with Crippen molar-refractivity contribution in [3.05, 3.63) is 53.6 Å². The van der Waals surface area contributed by atoms with Crippen molar-refractivity contribution in [2.45, 2.75) is 26.2 Å². The zero-order valence-corrected chi connectivity index (χ0v) is 13.3. The lowest BCUT2D eigenvalue weighted by molar-refractivity contribution is -0.141. The molecule has 3 rings (SSSR count). The first-order valence-corrected chi connectivity index (χ1v) is 7.76. The molecule has 2 aromatic rings. The van der Waals surface area contributed by atoms with E-state index in [4.69, 9.17) is 4.74 Å². The predicted octanol–water partition coefficient (Wildman–Crippen LogP) is 3.71. The van der Waals surface area contributed by atoms with Gasteiger partial charge in [0.2, 0.25) is 5.91 Å². The zero-order chi connectivity index (χ0) is 16.4. The maximum atomic E-state index is 11.6. The van der Waals surface area contributed by atoms with Crippen molar-refractivity contribution < 1.29 is 14.3 Å². The summed E-state index contributed by atoms with van der Waals surface area (Å²) in [5.74, 6) is -0.299. The van der Waals surface area contributed by atoms with Crippen LogP contribution in [0.2, 0.25) is 0 Å². The predicted molar refractivity (Wildman–Crippen MR) is 89.3 cm³/mol. The summed E-state index contributed by atoms with van der Waals surface area (Å²) in [7, 11) is 0. The number of ether oxygens (including phenoxy) is 1. The Balaban J connectivity index is 1.99. The molecule has 0 bridgehead atoms. The number of esters is 1. The van der Waals surface area contributed by atoms with Gasteiger partial charge in [-0.15, -0.1) is 0 Å². The van der Waals surface area contributed by atoms with Crippen LogP contribution in [0, 0.1) is 0 Å². The van der Waals surface area contributed by atoms with Crippen molar-refractivity contribution in [1.29, 1.82) is 0 Å². The van der Waals surface area contributed by atoms with Gasteiger partial charge in [0.05, 0.1) is 0 Å². The number of benzene rings is 2. The minimum Gasteiger partial charge on any atom is -0.465 e. The number of hydrogen-bond acceptors (Lipinski definition) is 3.